The molecule has 0 saturated heterocycles. The summed E-state index contributed by atoms with van der Waals surface area (Å²) in [5, 5.41) is 6.75. The predicted molar refractivity (Wildman–Crippen MR) is 107 cm³/mol. The summed E-state index contributed by atoms with van der Waals surface area (Å²) in [6, 6.07) is 9.31. The minimum absolute atomic E-state index is 0.579. The van der Waals surface area contributed by atoms with E-state index in [0.717, 1.165) is 37.8 Å². The molecule has 0 bridgehead atoms. The highest BCUT2D eigenvalue weighted by Crippen LogP contribution is 2.12. The normalized spacial score (nSPS) is 12.1. The van der Waals surface area contributed by atoms with Crippen LogP contribution in [0.15, 0.2) is 29.3 Å². The first-order valence-corrected chi connectivity index (χ1v) is 9.39. The second kappa shape index (κ2) is 11.7. The molecule has 2 N–H and O–H groups in total. The zero-order valence-electron chi connectivity index (χ0n) is 16.8. The van der Waals surface area contributed by atoms with Crippen LogP contribution in [0.3, 0.4) is 0 Å². The topological polar surface area (TPSA) is 48.9 Å². The standard InChI is InChI=1S/C20H36N4O/c1-7-25-19-11-8-10-18(14-19)15-23-20(21-6)22-12-9-13-24(16(2)3)17(4)5/h8,10-11,14,16-17H,7,9,12-13,15H2,1-6H3,(H2,21,22,23). The summed E-state index contributed by atoms with van der Waals surface area (Å²) in [5.74, 6) is 1.75. The Labute approximate surface area is 153 Å². The van der Waals surface area contributed by atoms with Crippen LogP contribution < -0.4 is 15.4 Å². The number of nitrogens with zero attached hydrogens (tertiary/aromatic N) is 2. The number of guanidine groups is 1. The van der Waals surface area contributed by atoms with Crippen LogP contribution in [0.2, 0.25) is 0 Å². The van der Waals surface area contributed by atoms with E-state index < -0.39 is 0 Å². The van der Waals surface area contributed by atoms with Gasteiger partial charge in [0.1, 0.15) is 5.75 Å². The quantitative estimate of drug-likeness (QED) is 0.387. The summed E-state index contributed by atoms with van der Waals surface area (Å²) >= 11 is 0. The number of hydrogen-bond donors (Lipinski definition) is 2. The molecule has 1 aromatic rings. The van der Waals surface area contributed by atoms with Crippen LogP contribution in [0.5, 0.6) is 5.75 Å². The second-order valence-corrected chi connectivity index (χ2v) is 6.71. The molecule has 5 heteroatoms. The molecule has 1 rings (SSSR count). The molecule has 0 spiro atoms. The molecule has 0 aliphatic heterocycles. The maximum absolute atomic E-state index is 5.54. The van der Waals surface area contributed by atoms with Gasteiger partial charge in [-0.2, -0.15) is 0 Å². The molecule has 0 aromatic heterocycles. The number of hydrogen-bond acceptors (Lipinski definition) is 3. The van der Waals surface area contributed by atoms with Gasteiger partial charge in [-0.3, -0.25) is 9.89 Å². The number of nitrogens with one attached hydrogen (secondary N) is 2. The van der Waals surface area contributed by atoms with Gasteiger partial charge < -0.3 is 15.4 Å². The molecule has 0 radical (unpaired) electrons. The van der Waals surface area contributed by atoms with E-state index in [0.29, 0.717) is 18.7 Å². The van der Waals surface area contributed by atoms with E-state index in [1.165, 1.54) is 5.56 Å². The summed E-state index contributed by atoms with van der Waals surface area (Å²) < 4.78 is 5.54. The van der Waals surface area contributed by atoms with Crippen molar-refractivity contribution >= 4 is 5.96 Å². The van der Waals surface area contributed by atoms with Crippen LogP contribution in [0.4, 0.5) is 0 Å². The highest BCUT2D eigenvalue weighted by atomic mass is 16.5. The average molecular weight is 349 g/mol. The maximum atomic E-state index is 5.54. The summed E-state index contributed by atoms with van der Waals surface area (Å²) in [4.78, 5) is 6.81. The SMILES string of the molecule is CCOc1cccc(CNC(=NC)NCCCN(C(C)C)C(C)C)c1. The zero-order valence-corrected chi connectivity index (χ0v) is 16.8. The third kappa shape index (κ3) is 8.25. The van der Waals surface area contributed by atoms with Crippen molar-refractivity contribution in [3.8, 4) is 5.75 Å². The van der Waals surface area contributed by atoms with Crippen LogP contribution in [-0.2, 0) is 6.54 Å². The van der Waals surface area contributed by atoms with Crippen molar-refractivity contribution < 1.29 is 4.74 Å². The fourth-order valence-electron chi connectivity index (χ4n) is 2.90. The van der Waals surface area contributed by atoms with E-state index in [9.17, 15) is 0 Å². The van der Waals surface area contributed by atoms with Crippen molar-refractivity contribution in [2.45, 2.75) is 59.7 Å². The number of ether oxygens (including phenoxy) is 1. The van der Waals surface area contributed by atoms with Crippen molar-refractivity contribution in [3.05, 3.63) is 29.8 Å². The van der Waals surface area contributed by atoms with Crippen molar-refractivity contribution in [2.75, 3.05) is 26.7 Å². The van der Waals surface area contributed by atoms with Gasteiger partial charge in [0, 0.05) is 38.8 Å². The fourth-order valence-corrected chi connectivity index (χ4v) is 2.90. The molecule has 142 valence electrons. The number of aliphatic imine (C=N–C) groups is 1. The molecule has 25 heavy (non-hydrogen) atoms. The molecule has 0 unspecified atom stereocenters. The fraction of sp³-hybridized carbons (Fsp3) is 0.650. The van der Waals surface area contributed by atoms with Crippen molar-refractivity contribution in [3.63, 3.8) is 0 Å². The Bertz CT molecular complexity index is 506. The predicted octanol–water partition coefficient (Wildman–Crippen LogP) is 3.26. The molecule has 0 amide bonds. The molecule has 0 fully saturated rings. The van der Waals surface area contributed by atoms with E-state index in [-0.39, 0.29) is 0 Å². The highest BCUT2D eigenvalue weighted by Gasteiger charge is 2.12. The molecular formula is C20H36N4O. The van der Waals surface area contributed by atoms with Crippen LogP contribution in [0.1, 0.15) is 46.6 Å². The summed E-state index contributed by atoms with van der Waals surface area (Å²) in [6.07, 6.45) is 1.09. The summed E-state index contributed by atoms with van der Waals surface area (Å²) in [5.41, 5.74) is 1.18. The molecule has 1 aromatic carbocycles. The van der Waals surface area contributed by atoms with Gasteiger partial charge in [0.05, 0.1) is 6.61 Å². The lowest BCUT2D eigenvalue weighted by molar-refractivity contribution is 0.173. The summed E-state index contributed by atoms with van der Waals surface area (Å²) in [7, 11) is 1.81. The first kappa shape index (κ1) is 21.3. The van der Waals surface area contributed by atoms with Gasteiger partial charge in [0.25, 0.3) is 0 Å². The zero-order chi connectivity index (χ0) is 18.7. The first-order valence-electron chi connectivity index (χ1n) is 9.39. The van der Waals surface area contributed by atoms with E-state index in [1.54, 1.807) is 7.05 Å². The lowest BCUT2D eigenvalue weighted by Crippen LogP contribution is -2.41. The molecular weight excluding hydrogens is 312 g/mol. The smallest absolute Gasteiger partial charge is 0.191 e. The van der Waals surface area contributed by atoms with E-state index in [1.807, 2.05) is 19.1 Å². The Morgan fingerprint density at radius 3 is 2.48 bits per heavy atom. The third-order valence-corrected chi connectivity index (χ3v) is 4.11. The monoisotopic (exact) mass is 348 g/mol. The molecule has 0 saturated carbocycles. The number of benzene rings is 1. The maximum Gasteiger partial charge on any atom is 0.191 e. The van der Waals surface area contributed by atoms with Gasteiger partial charge in [0.2, 0.25) is 0 Å². The van der Waals surface area contributed by atoms with Crippen molar-refractivity contribution in [1.29, 1.82) is 0 Å². The van der Waals surface area contributed by atoms with Gasteiger partial charge in [-0.15, -0.1) is 0 Å². The number of rotatable bonds is 10. The molecule has 5 nitrogen and oxygen atoms in total. The Kier molecular flexibility index (Phi) is 10.0. The average Bonchev–Trinajstić information content (AvgIpc) is 2.57. The molecule has 0 heterocycles. The molecule has 0 aliphatic rings. The van der Waals surface area contributed by atoms with Crippen molar-refractivity contribution in [1.82, 2.24) is 15.5 Å². The Balaban J connectivity index is 2.36. The molecule has 0 aliphatic carbocycles. The van der Waals surface area contributed by atoms with Crippen LogP contribution in [0, 0.1) is 0 Å². The van der Waals surface area contributed by atoms with Crippen LogP contribution >= 0.6 is 0 Å². The van der Waals surface area contributed by atoms with Crippen molar-refractivity contribution in [2.24, 2.45) is 4.99 Å². The Morgan fingerprint density at radius 1 is 1.16 bits per heavy atom. The van der Waals surface area contributed by atoms with E-state index in [4.69, 9.17) is 4.74 Å². The largest absolute Gasteiger partial charge is 0.494 e. The van der Waals surface area contributed by atoms with E-state index in [2.05, 4.69) is 60.4 Å². The Morgan fingerprint density at radius 2 is 1.88 bits per heavy atom. The minimum Gasteiger partial charge on any atom is -0.494 e. The highest BCUT2D eigenvalue weighted by molar-refractivity contribution is 5.79. The van der Waals surface area contributed by atoms with E-state index >= 15 is 0 Å². The van der Waals surface area contributed by atoms with Gasteiger partial charge in [0.15, 0.2) is 5.96 Å². The minimum atomic E-state index is 0.579. The summed E-state index contributed by atoms with van der Waals surface area (Å²) in [6.45, 7) is 14.4. The third-order valence-electron chi connectivity index (χ3n) is 4.11. The Hall–Kier alpha value is -1.75. The van der Waals surface area contributed by atoms with Gasteiger partial charge in [-0.1, -0.05) is 12.1 Å². The van der Waals surface area contributed by atoms with Gasteiger partial charge >= 0.3 is 0 Å². The van der Waals surface area contributed by atoms with Gasteiger partial charge in [-0.25, -0.2) is 0 Å². The second-order valence-electron chi connectivity index (χ2n) is 6.71. The first-order chi connectivity index (χ1) is 12.0. The van der Waals surface area contributed by atoms with Crippen LogP contribution in [-0.4, -0.2) is 49.7 Å². The molecule has 0 atom stereocenters. The van der Waals surface area contributed by atoms with Gasteiger partial charge in [-0.05, 0) is 58.7 Å². The van der Waals surface area contributed by atoms with Crippen LogP contribution in [0.25, 0.3) is 0 Å². The lowest BCUT2D eigenvalue weighted by atomic mass is 10.2. The lowest BCUT2D eigenvalue weighted by Gasteiger charge is -2.30.